The molecule has 0 aromatic carbocycles. The Labute approximate surface area is 170 Å². The second-order valence-electron chi connectivity index (χ2n) is 8.64. The van der Waals surface area contributed by atoms with Crippen LogP contribution in [-0.4, -0.2) is 28.2 Å². The zero-order chi connectivity index (χ0) is 20.8. The highest BCUT2D eigenvalue weighted by Crippen LogP contribution is 2.42. The molecule has 1 aliphatic carbocycles. The van der Waals surface area contributed by atoms with Gasteiger partial charge in [-0.25, -0.2) is 4.98 Å². The summed E-state index contributed by atoms with van der Waals surface area (Å²) in [7, 11) is 0. The van der Waals surface area contributed by atoms with Crippen molar-refractivity contribution in [1.29, 1.82) is 0 Å². The summed E-state index contributed by atoms with van der Waals surface area (Å²) >= 11 is 1.37. The molecule has 1 saturated carbocycles. The van der Waals surface area contributed by atoms with Crippen molar-refractivity contribution in [2.24, 2.45) is 17.1 Å². The van der Waals surface area contributed by atoms with Gasteiger partial charge in [-0.1, -0.05) is 33.1 Å². The van der Waals surface area contributed by atoms with E-state index in [1.807, 2.05) is 13.8 Å². The summed E-state index contributed by atoms with van der Waals surface area (Å²) in [6.07, 6.45) is 7.37. The van der Waals surface area contributed by atoms with Gasteiger partial charge in [0.2, 0.25) is 17.7 Å². The van der Waals surface area contributed by atoms with Gasteiger partial charge < -0.3 is 16.4 Å². The fourth-order valence-electron chi connectivity index (χ4n) is 4.23. The average molecular weight is 409 g/mol. The molecule has 1 aliphatic rings. The number of primary amides is 1. The van der Waals surface area contributed by atoms with Crippen LogP contribution in [0.15, 0.2) is 11.6 Å². The number of carbonyl (C=O) groups excluding carboxylic acids is 3. The molecule has 4 N–H and O–H groups in total. The van der Waals surface area contributed by atoms with Gasteiger partial charge in [-0.05, 0) is 37.5 Å². The molecule has 8 heteroatoms. The summed E-state index contributed by atoms with van der Waals surface area (Å²) < 4.78 is 0. The van der Waals surface area contributed by atoms with E-state index in [0.29, 0.717) is 11.6 Å². The zero-order valence-electron chi connectivity index (χ0n) is 17.0. The fourth-order valence-corrected chi connectivity index (χ4v) is 4.77. The Morgan fingerprint density at radius 2 is 1.86 bits per heavy atom. The highest BCUT2D eigenvalue weighted by atomic mass is 32.1. The van der Waals surface area contributed by atoms with Gasteiger partial charge in [-0.2, -0.15) is 0 Å². The maximum Gasteiger partial charge on any atom is 0.242 e. The van der Waals surface area contributed by atoms with Crippen LogP contribution in [0.1, 0.15) is 72.1 Å². The number of nitrogens with two attached hydrogens (primary N) is 1. The number of amides is 3. The quantitative estimate of drug-likeness (QED) is 0.582. The van der Waals surface area contributed by atoms with Crippen molar-refractivity contribution in [2.75, 3.05) is 5.32 Å². The topological polar surface area (TPSA) is 114 Å². The van der Waals surface area contributed by atoms with Gasteiger partial charge in [0, 0.05) is 24.4 Å². The van der Waals surface area contributed by atoms with E-state index in [9.17, 15) is 14.4 Å². The molecule has 0 aliphatic heterocycles. The lowest BCUT2D eigenvalue weighted by Crippen LogP contribution is -2.56. The molecule has 156 valence electrons. The summed E-state index contributed by atoms with van der Waals surface area (Å²) in [6, 6.07) is 0. The number of anilines is 1. The first kappa shape index (κ1) is 22.3. The predicted molar refractivity (Wildman–Crippen MR) is 111 cm³/mol. The average Bonchev–Trinajstić information content (AvgIpc) is 3.06. The van der Waals surface area contributed by atoms with E-state index in [1.165, 1.54) is 11.3 Å². The third kappa shape index (κ3) is 6.29. The molecule has 28 heavy (non-hydrogen) atoms. The number of carbonyl (C=O) groups is 3. The molecule has 1 aromatic heterocycles. The molecule has 3 amide bonds. The van der Waals surface area contributed by atoms with E-state index in [2.05, 4.69) is 15.6 Å². The summed E-state index contributed by atoms with van der Waals surface area (Å²) in [5, 5.41) is 8.05. The SMILES string of the molecule is CC(C)CC(C)(NC(=O)CC1(CC(=O)Nc2nccs2)CCCCC1)C(N)=O. The summed E-state index contributed by atoms with van der Waals surface area (Å²) in [5.41, 5.74) is 4.10. The first-order chi connectivity index (χ1) is 13.1. The Kier molecular flexibility index (Phi) is 7.57. The minimum absolute atomic E-state index is 0.121. The molecule has 1 heterocycles. The Hall–Kier alpha value is -1.96. The van der Waals surface area contributed by atoms with Crippen LogP contribution in [0.5, 0.6) is 0 Å². The van der Waals surface area contributed by atoms with Crippen LogP contribution in [0.25, 0.3) is 0 Å². The molecule has 0 saturated heterocycles. The highest BCUT2D eigenvalue weighted by molar-refractivity contribution is 7.13. The van der Waals surface area contributed by atoms with Gasteiger partial charge in [0.15, 0.2) is 5.13 Å². The van der Waals surface area contributed by atoms with E-state index >= 15 is 0 Å². The monoisotopic (exact) mass is 408 g/mol. The number of aromatic nitrogens is 1. The summed E-state index contributed by atoms with van der Waals surface area (Å²) in [6.45, 7) is 5.65. The van der Waals surface area contributed by atoms with Gasteiger partial charge in [0.25, 0.3) is 0 Å². The van der Waals surface area contributed by atoms with Gasteiger partial charge >= 0.3 is 0 Å². The summed E-state index contributed by atoms with van der Waals surface area (Å²) in [5.74, 6) is -0.658. The fraction of sp³-hybridized carbons (Fsp3) is 0.700. The molecular formula is C20H32N4O3S. The van der Waals surface area contributed by atoms with Gasteiger partial charge in [0.1, 0.15) is 5.54 Å². The van der Waals surface area contributed by atoms with E-state index in [0.717, 1.165) is 32.1 Å². The molecule has 7 nitrogen and oxygen atoms in total. The largest absolute Gasteiger partial charge is 0.368 e. The third-order valence-electron chi connectivity index (χ3n) is 5.44. The van der Waals surface area contributed by atoms with E-state index in [4.69, 9.17) is 5.73 Å². The number of rotatable bonds is 9. The second-order valence-corrected chi connectivity index (χ2v) is 9.54. The second kappa shape index (κ2) is 9.49. The minimum atomic E-state index is -1.08. The van der Waals surface area contributed by atoms with Crippen molar-refractivity contribution in [1.82, 2.24) is 10.3 Å². The third-order valence-corrected chi connectivity index (χ3v) is 6.13. The summed E-state index contributed by atoms with van der Waals surface area (Å²) in [4.78, 5) is 41.5. The number of nitrogens with one attached hydrogen (secondary N) is 2. The van der Waals surface area contributed by atoms with Crippen molar-refractivity contribution >= 4 is 34.2 Å². The highest BCUT2D eigenvalue weighted by Gasteiger charge is 2.39. The zero-order valence-corrected chi connectivity index (χ0v) is 17.9. The molecule has 0 bridgehead atoms. The first-order valence-electron chi connectivity index (χ1n) is 9.94. The molecule has 1 fully saturated rings. The van der Waals surface area contributed by atoms with Crippen molar-refractivity contribution < 1.29 is 14.4 Å². The van der Waals surface area contributed by atoms with E-state index < -0.39 is 11.4 Å². The normalized spacial score (nSPS) is 18.3. The van der Waals surface area contributed by atoms with Crippen molar-refractivity contribution in [3.63, 3.8) is 0 Å². The molecule has 0 radical (unpaired) electrons. The molecular weight excluding hydrogens is 376 g/mol. The Bertz CT molecular complexity index is 684. The number of thiazole rings is 1. The Morgan fingerprint density at radius 3 is 2.39 bits per heavy atom. The van der Waals surface area contributed by atoms with Crippen LogP contribution in [0, 0.1) is 11.3 Å². The van der Waals surface area contributed by atoms with E-state index in [1.54, 1.807) is 18.5 Å². The van der Waals surface area contributed by atoms with Gasteiger partial charge in [-0.3, -0.25) is 14.4 Å². The van der Waals surface area contributed by atoms with Crippen molar-refractivity contribution in [3.05, 3.63) is 11.6 Å². The van der Waals surface area contributed by atoms with Crippen LogP contribution in [0.2, 0.25) is 0 Å². The van der Waals surface area contributed by atoms with Gasteiger partial charge in [-0.15, -0.1) is 11.3 Å². The maximum absolute atomic E-state index is 12.9. The van der Waals surface area contributed by atoms with Gasteiger partial charge in [0.05, 0.1) is 0 Å². The molecule has 1 atom stereocenters. The molecule has 2 rings (SSSR count). The lowest BCUT2D eigenvalue weighted by atomic mass is 9.69. The van der Waals surface area contributed by atoms with Crippen LogP contribution >= 0.6 is 11.3 Å². The first-order valence-corrected chi connectivity index (χ1v) is 10.8. The lowest BCUT2D eigenvalue weighted by Gasteiger charge is -2.38. The van der Waals surface area contributed by atoms with Crippen LogP contribution in [0.4, 0.5) is 5.13 Å². The van der Waals surface area contributed by atoms with Crippen LogP contribution in [-0.2, 0) is 14.4 Å². The lowest BCUT2D eigenvalue weighted by molar-refractivity contribution is -0.134. The minimum Gasteiger partial charge on any atom is -0.368 e. The van der Waals surface area contributed by atoms with Crippen LogP contribution in [0.3, 0.4) is 0 Å². The van der Waals surface area contributed by atoms with Crippen LogP contribution < -0.4 is 16.4 Å². The number of nitrogens with zero attached hydrogens (tertiary/aromatic N) is 1. The molecule has 1 aromatic rings. The number of hydrogen-bond donors (Lipinski definition) is 3. The number of hydrogen-bond acceptors (Lipinski definition) is 5. The predicted octanol–water partition coefficient (Wildman–Crippen LogP) is 3.22. The Morgan fingerprint density at radius 1 is 1.21 bits per heavy atom. The van der Waals surface area contributed by atoms with E-state index in [-0.39, 0.29) is 36.0 Å². The Balaban J connectivity index is 2.06. The smallest absolute Gasteiger partial charge is 0.242 e. The molecule has 1 unspecified atom stereocenters. The standard InChI is InChI=1S/C20H32N4O3S/c1-14(2)11-19(3,17(21)27)24-16(26)13-20(7-5-4-6-8-20)12-15(25)23-18-22-9-10-28-18/h9-10,14H,4-8,11-13H2,1-3H3,(H2,21,27)(H,24,26)(H,22,23,25). The van der Waals surface area contributed by atoms with Crippen molar-refractivity contribution in [3.8, 4) is 0 Å². The molecule has 0 spiro atoms. The maximum atomic E-state index is 12.9. The van der Waals surface area contributed by atoms with Crippen molar-refractivity contribution in [2.45, 2.75) is 77.7 Å².